The third-order valence-electron chi connectivity index (χ3n) is 3.05. The molecule has 3 aromatic heterocycles. The van der Waals surface area contributed by atoms with Gasteiger partial charge in [-0.1, -0.05) is 18.5 Å². The van der Waals surface area contributed by atoms with Crippen molar-refractivity contribution in [2.24, 2.45) is 7.05 Å². The zero-order valence-corrected chi connectivity index (χ0v) is 11.5. The first-order chi connectivity index (χ1) is 9.17. The topological polar surface area (TPSA) is 43.6 Å². The van der Waals surface area contributed by atoms with Gasteiger partial charge in [-0.25, -0.2) is 4.98 Å². The molecule has 5 heteroatoms. The van der Waals surface area contributed by atoms with E-state index >= 15 is 0 Å². The highest BCUT2D eigenvalue weighted by molar-refractivity contribution is 6.29. The minimum absolute atomic E-state index is 0.480. The maximum atomic E-state index is 5.92. The lowest BCUT2D eigenvalue weighted by Gasteiger charge is -2.02. The highest BCUT2D eigenvalue weighted by Crippen LogP contribution is 2.25. The fourth-order valence-electron chi connectivity index (χ4n) is 2.17. The van der Waals surface area contributed by atoms with Crippen molar-refractivity contribution in [2.45, 2.75) is 13.3 Å². The van der Waals surface area contributed by atoms with Crippen molar-refractivity contribution in [1.82, 2.24) is 19.7 Å². The third kappa shape index (κ3) is 2.19. The third-order valence-corrected chi connectivity index (χ3v) is 3.27. The van der Waals surface area contributed by atoms with Crippen LogP contribution in [-0.4, -0.2) is 19.7 Å². The summed E-state index contributed by atoms with van der Waals surface area (Å²) in [5.74, 6) is 0. The predicted octanol–water partition coefficient (Wildman–Crippen LogP) is 3.25. The van der Waals surface area contributed by atoms with Crippen molar-refractivity contribution in [1.29, 1.82) is 0 Å². The lowest BCUT2D eigenvalue weighted by molar-refractivity contribution is 0.746. The van der Waals surface area contributed by atoms with Crippen LogP contribution in [0.25, 0.3) is 22.2 Å². The minimum atomic E-state index is 0.480. The molecule has 0 aromatic carbocycles. The van der Waals surface area contributed by atoms with Gasteiger partial charge in [-0.2, -0.15) is 5.10 Å². The molecule has 3 heterocycles. The highest BCUT2D eigenvalue weighted by Gasteiger charge is 2.10. The molecule has 0 N–H and O–H groups in total. The van der Waals surface area contributed by atoms with E-state index in [1.165, 1.54) is 0 Å². The Morgan fingerprint density at radius 2 is 2.11 bits per heavy atom. The Morgan fingerprint density at radius 3 is 2.89 bits per heavy atom. The number of fused-ring (bicyclic) bond motifs is 1. The average Bonchev–Trinajstić information content (AvgIpc) is 2.79. The van der Waals surface area contributed by atoms with Crippen LogP contribution in [0.15, 0.2) is 30.6 Å². The largest absolute Gasteiger partial charge is 0.275 e. The summed E-state index contributed by atoms with van der Waals surface area (Å²) in [6.07, 6.45) is 4.75. The zero-order chi connectivity index (χ0) is 13.4. The van der Waals surface area contributed by atoms with E-state index in [-0.39, 0.29) is 0 Å². The Labute approximate surface area is 116 Å². The van der Waals surface area contributed by atoms with E-state index < -0.39 is 0 Å². The maximum Gasteiger partial charge on any atom is 0.129 e. The first kappa shape index (κ1) is 12.1. The summed E-state index contributed by atoms with van der Waals surface area (Å²) in [4.78, 5) is 8.72. The van der Waals surface area contributed by atoms with Crippen LogP contribution in [0.4, 0.5) is 0 Å². The van der Waals surface area contributed by atoms with Crippen LogP contribution in [0.5, 0.6) is 0 Å². The molecule has 0 saturated carbocycles. The van der Waals surface area contributed by atoms with Gasteiger partial charge in [-0.3, -0.25) is 9.67 Å². The number of pyridine rings is 2. The van der Waals surface area contributed by atoms with Gasteiger partial charge in [-0.05, 0) is 24.6 Å². The SMILES string of the molecule is CCc1nn(C)cc1-c1cnc2ccc(Cl)nc2c1. The molecular weight excluding hydrogens is 260 g/mol. The normalized spacial score (nSPS) is 11.1. The molecule has 0 amide bonds. The average molecular weight is 273 g/mol. The van der Waals surface area contributed by atoms with E-state index in [0.717, 1.165) is 34.3 Å². The van der Waals surface area contributed by atoms with Crippen LogP contribution in [0.1, 0.15) is 12.6 Å². The number of halogens is 1. The van der Waals surface area contributed by atoms with E-state index in [2.05, 4.69) is 22.0 Å². The van der Waals surface area contributed by atoms with Gasteiger partial charge in [0.05, 0.1) is 16.7 Å². The second-order valence-electron chi connectivity index (χ2n) is 4.41. The van der Waals surface area contributed by atoms with Gasteiger partial charge in [0.1, 0.15) is 5.15 Å². The molecule has 3 rings (SSSR count). The van der Waals surface area contributed by atoms with Gasteiger partial charge >= 0.3 is 0 Å². The van der Waals surface area contributed by atoms with Crippen LogP contribution in [0.3, 0.4) is 0 Å². The van der Waals surface area contributed by atoms with E-state index in [1.807, 2.05) is 36.3 Å². The van der Waals surface area contributed by atoms with Gasteiger partial charge in [0.2, 0.25) is 0 Å². The molecular formula is C14H13ClN4. The molecule has 96 valence electrons. The minimum Gasteiger partial charge on any atom is -0.275 e. The Kier molecular flexibility index (Phi) is 2.95. The smallest absolute Gasteiger partial charge is 0.129 e. The van der Waals surface area contributed by atoms with Crippen molar-refractivity contribution in [2.75, 3.05) is 0 Å². The Balaban J connectivity index is 2.19. The number of hydrogen-bond acceptors (Lipinski definition) is 3. The molecule has 0 bridgehead atoms. The van der Waals surface area contributed by atoms with Crippen LogP contribution in [0, 0.1) is 0 Å². The van der Waals surface area contributed by atoms with Crippen molar-refractivity contribution in [3.63, 3.8) is 0 Å². The molecule has 0 aliphatic carbocycles. The molecule has 0 radical (unpaired) electrons. The van der Waals surface area contributed by atoms with Gasteiger partial charge in [-0.15, -0.1) is 0 Å². The molecule has 0 fully saturated rings. The number of aryl methyl sites for hydroxylation is 2. The summed E-state index contributed by atoms with van der Waals surface area (Å²) in [5.41, 5.74) is 4.82. The van der Waals surface area contributed by atoms with Gasteiger partial charge in [0.25, 0.3) is 0 Å². The molecule has 0 atom stereocenters. The van der Waals surface area contributed by atoms with Crippen LogP contribution < -0.4 is 0 Å². The van der Waals surface area contributed by atoms with Crippen molar-refractivity contribution in [3.05, 3.63) is 41.4 Å². The van der Waals surface area contributed by atoms with Gasteiger partial charge in [0, 0.05) is 30.6 Å². The van der Waals surface area contributed by atoms with E-state index in [1.54, 1.807) is 6.07 Å². The van der Waals surface area contributed by atoms with Crippen molar-refractivity contribution >= 4 is 22.6 Å². The Hall–Kier alpha value is -1.94. The Bertz CT molecular complexity index is 748. The number of nitrogens with zero attached hydrogens (tertiary/aromatic N) is 4. The van der Waals surface area contributed by atoms with Gasteiger partial charge in [0.15, 0.2) is 0 Å². The number of hydrogen-bond donors (Lipinski definition) is 0. The Morgan fingerprint density at radius 1 is 1.26 bits per heavy atom. The summed E-state index contributed by atoms with van der Waals surface area (Å²) in [7, 11) is 1.92. The molecule has 0 aliphatic rings. The maximum absolute atomic E-state index is 5.92. The second-order valence-corrected chi connectivity index (χ2v) is 4.80. The van der Waals surface area contributed by atoms with Crippen molar-refractivity contribution in [3.8, 4) is 11.1 Å². The monoisotopic (exact) mass is 272 g/mol. The van der Waals surface area contributed by atoms with Crippen LogP contribution in [0.2, 0.25) is 5.15 Å². The van der Waals surface area contributed by atoms with Crippen LogP contribution in [-0.2, 0) is 13.5 Å². The predicted molar refractivity (Wildman–Crippen MR) is 76.1 cm³/mol. The van der Waals surface area contributed by atoms with E-state index in [9.17, 15) is 0 Å². The highest BCUT2D eigenvalue weighted by atomic mass is 35.5. The second kappa shape index (κ2) is 4.63. The zero-order valence-electron chi connectivity index (χ0n) is 10.8. The molecule has 4 nitrogen and oxygen atoms in total. The summed E-state index contributed by atoms with van der Waals surface area (Å²) < 4.78 is 1.82. The standard InChI is InChI=1S/C14H13ClN4/c1-3-11-10(8-19(2)18-11)9-6-13-12(16-7-9)4-5-14(15)17-13/h4-8H,3H2,1-2H3. The van der Waals surface area contributed by atoms with E-state index in [0.29, 0.717) is 5.15 Å². The molecule has 0 spiro atoms. The van der Waals surface area contributed by atoms with Crippen LogP contribution >= 0.6 is 11.6 Å². The fraction of sp³-hybridized carbons (Fsp3) is 0.214. The van der Waals surface area contributed by atoms with Gasteiger partial charge < -0.3 is 0 Å². The lowest BCUT2D eigenvalue weighted by Crippen LogP contribution is -1.90. The summed E-state index contributed by atoms with van der Waals surface area (Å²) >= 11 is 5.92. The first-order valence-electron chi connectivity index (χ1n) is 6.12. The quantitative estimate of drug-likeness (QED) is 0.673. The van der Waals surface area contributed by atoms with Crippen molar-refractivity contribution < 1.29 is 0 Å². The molecule has 3 aromatic rings. The summed E-state index contributed by atoms with van der Waals surface area (Å²) in [6.45, 7) is 2.09. The number of aromatic nitrogens is 4. The summed E-state index contributed by atoms with van der Waals surface area (Å²) in [5, 5.41) is 4.93. The molecule has 19 heavy (non-hydrogen) atoms. The molecule has 0 saturated heterocycles. The fourth-order valence-corrected chi connectivity index (χ4v) is 2.32. The number of rotatable bonds is 2. The molecule has 0 aliphatic heterocycles. The van der Waals surface area contributed by atoms with E-state index in [4.69, 9.17) is 11.6 Å². The first-order valence-corrected chi connectivity index (χ1v) is 6.50. The lowest BCUT2D eigenvalue weighted by atomic mass is 10.1. The summed E-state index contributed by atoms with van der Waals surface area (Å²) in [6, 6.07) is 5.63. The molecule has 0 unspecified atom stereocenters.